The van der Waals surface area contributed by atoms with Crippen molar-refractivity contribution in [1.82, 2.24) is 10.1 Å². The molecular weight excluding hydrogens is 452 g/mol. The molecule has 0 amide bonds. The Morgan fingerprint density at radius 3 is 2.44 bits per heavy atom. The molecule has 0 fully saturated rings. The number of benzene rings is 3. The molecule has 0 aliphatic carbocycles. The largest absolute Gasteiger partial charge is 0.508 e. The van der Waals surface area contributed by atoms with Crippen LogP contribution in [0.3, 0.4) is 0 Å². The summed E-state index contributed by atoms with van der Waals surface area (Å²) in [5, 5.41) is 13.3. The summed E-state index contributed by atoms with van der Waals surface area (Å²) in [5.74, 6) is -0.912. The van der Waals surface area contributed by atoms with Crippen molar-refractivity contribution in [3.05, 3.63) is 89.8 Å². The van der Waals surface area contributed by atoms with Crippen LogP contribution >= 0.6 is 0 Å². The van der Waals surface area contributed by atoms with Crippen molar-refractivity contribution < 1.29 is 31.9 Å². The Morgan fingerprint density at radius 1 is 1.03 bits per heavy atom. The van der Waals surface area contributed by atoms with Gasteiger partial charge in [-0.1, -0.05) is 42.1 Å². The predicted octanol–water partition coefficient (Wildman–Crippen LogP) is 6.90. The lowest BCUT2D eigenvalue weighted by Crippen LogP contribution is -2.07. The van der Waals surface area contributed by atoms with Gasteiger partial charge in [-0.2, -0.15) is 18.2 Å². The second-order valence-corrected chi connectivity index (χ2v) is 7.41. The Balaban J connectivity index is 1.73. The van der Waals surface area contributed by atoms with E-state index in [0.29, 0.717) is 22.3 Å². The van der Waals surface area contributed by atoms with E-state index in [1.165, 1.54) is 37.4 Å². The zero-order valence-corrected chi connectivity index (χ0v) is 17.9. The Kier molecular flexibility index (Phi) is 6.21. The Bertz CT molecular complexity index is 1360. The molecule has 0 unspecified atom stereocenters. The van der Waals surface area contributed by atoms with Gasteiger partial charge in [0.1, 0.15) is 11.6 Å². The van der Waals surface area contributed by atoms with Crippen LogP contribution < -0.4 is 0 Å². The minimum atomic E-state index is -4.52. The fraction of sp³-hybridized carbons (Fsp3) is 0.120. The SMILES string of the molecule is C=C(O)c1ccc(-c2noc(-c3ccc(-c4ccccc4C(F)(F)F)c(COC)c3)n2)cc1F. The van der Waals surface area contributed by atoms with Crippen LogP contribution in [0, 0.1) is 5.82 Å². The third-order valence-corrected chi connectivity index (χ3v) is 5.14. The fourth-order valence-electron chi connectivity index (χ4n) is 3.58. The average Bonchev–Trinajstić information content (AvgIpc) is 3.29. The topological polar surface area (TPSA) is 68.4 Å². The molecule has 4 rings (SSSR count). The second-order valence-electron chi connectivity index (χ2n) is 7.41. The molecule has 9 heteroatoms. The van der Waals surface area contributed by atoms with E-state index in [4.69, 9.17) is 9.26 Å². The van der Waals surface area contributed by atoms with Gasteiger partial charge in [0.05, 0.1) is 17.7 Å². The number of aromatic nitrogens is 2. The molecule has 0 aliphatic heterocycles. The van der Waals surface area contributed by atoms with E-state index in [9.17, 15) is 22.7 Å². The van der Waals surface area contributed by atoms with E-state index >= 15 is 0 Å². The van der Waals surface area contributed by atoms with Crippen molar-refractivity contribution in [3.8, 4) is 34.0 Å². The summed E-state index contributed by atoms with van der Waals surface area (Å²) < 4.78 is 65.3. The summed E-state index contributed by atoms with van der Waals surface area (Å²) in [7, 11) is 1.44. The van der Waals surface area contributed by atoms with Gasteiger partial charge >= 0.3 is 6.18 Å². The van der Waals surface area contributed by atoms with Crippen LogP contribution in [0.4, 0.5) is 17.6 Å². The third kappa shape index (κ3) is 4.55. The van der Waals surface area contributed by atoms with Gasteiger partial charge in [0.2, 0.25) is 5.82 Å². The van der Waals surface area contributed by atoms with E-state index in [0.717, 1.165) is 12.1 Å². The van der Waals surface area contributed by atoms with Crippen molar-refractivity contribution >= 4 is 5.76 Å². The van der Waals surface area contributed by atoms with Gasteiger partial charge in [-0.15, -0.1) is 0 Å². The number of ether oxygens (including phenoxy) is 1. The first kappa shape index (κ1) is 23.2. The summed E-state index contributed by atoms with van der Waals surface area (Å²) in [5.41, 5.74) is 0.849. The van der Waals surface area contributed by atoms with Crippen LogP contribution in [0.25, 0.3) is 39.7 Å². The molecular formula is C25H18F4N2O3. The number of rotatable bonds is 6. The summed E-state index contributed by atoms with van der Waals surface area (Å²) >= 11 is 0. The van der Waals surface area contributed by atoms with Gasteiger partial charge in [0, 0.05) is 18.2 Å². The van der Waals surface area contributed by atoms with Crippen molar-refractivity contribution in [2.75, 3.05) is 7.11 Å². The van der Waals surface area contributed by atoms with Crippen LogP contribution in [0.1, 0.15) is 16.7 Å². The number of alkyl halides is 3. The fourth-order valence-corrected chi connectivity index (χ4v) is 3.58. The standard InChI is InChI=1S/C25H18F4N2O3/c1-14(32)18-9-7-15(12-22(18)26)23-30-24(34-31-23)16-8-10-19(17(11-16)13-33-2)20-5-3-4-6-21(20)25(27,28)29/h3-12,32H,1,13H2,2H3. The molecule has 4 aromatic rings. The highest BCUT2D eigenvalue weighted by Crippen LogP contribution is 2.39. The van der Waals surface area contributed by atoms with Crippen molar-refractivity contribution in [3.63, 3.8) is 0 Å². The van der Waals surface area contributed by atoms with Crippen molar-refractivity contribution in [2.45, 2.75) is 12.8 Å². The van der Waals surface area contributed by atoms with Gasteiger partial charge in [0.25, 0.3) is 5.89 Å². The molecule has 3 aromatic carbocycles. The lowest BCUT2D eigenvalue weighted by Gasteiger charge is -2.16. The number of aliphatic hydroxyl groups excluding tert-OH is 1. The molecule has 5 nitrogen and oxygen atoms in total. The van der Waals surface area contributed by atoms with Crippen LogP contribution in [-0.2, 0) is 17.5 Å². The number of hydrogen-bond donors (Lipinski definition) is 1. The predicted molar refractivity (Wildman–Crippen MR) is 118 cm³/mol. The maximum Gasteiger partial charge on any atom is 0.417 e. The highest BCUT2D eigenvalue weighted by Gasteiger charge is 2.33. The molecule has 0 atom stereocenters. The normalized spacial score (nSPS) is 11.6. The van der Waals surface area contributed by atoms with Crippen LogP contribution in [0.2, 0.25) is 0 Å². The lowest BCUT2D eigenvalue weighted by molar-refractivity contribution is -0.137. The van der Waals surface area contributed by atoms with Crippen LogP contribution in [-0.4, -0.2) is 22.4 Å². The molecule has 0 bridgehead atoms. The summed E-state index contributed by atoms with van der Waals surface area (Å²) in [4.78, 5) is 4.28. The van der Waals surface area contributed by atoms with Gasteiger partial charge in [-0.25, -0.2) is 4.39 Å². The zero-order valence-electron chi connectivity index (χ0n) is 17.9. The van der Waals surface area contributed by atoms with Crippen molar-refractivity contribution in [2.24, 2.45) is 0 Å². The Morgan fingerprint density at radius 2 is 1.76 bits per heavy atom. The maximum atomic E-state index is 14.2. The zero-order chi connectivity index (χ0) is 24.5. The molecule has 0 radical (unpaired) electrons. The number of methoxy groups -OCH3 is 1. The first-order chi connectivity index (χ1) is 16.2. The summed E-state index contributed by atoms with van der Waals surface area (Å²) in [6.45, 7) is 3.35. The highest BCUT2D eigenvalue weighted by molar-refractivity contribution is 5.74. The van der Waals surface area contributed by atoms with E-state index in [1.54, 1.807) is 18.2 Å². The molecule has 0 aliphatic rings. The van der Waals surface area contributed by atoms with E-state index in [2.05, 4.69) is 16.7 Å². The van der Waals surface area contributed by atoms with E-state index < -0.39 is 23.3 Å². The second kappa shape index (κ2) is 9.11. The molecule has 1 heterocycles. The average molecular weight is 470 g/mol. The van der Waals surface area contributed by atoms with Crippen LogP contribution in [0.15, 0.2) is 71.8 Å². The Hall–Kier alpha value is -3.98. The molecule has 174 valence electrons. The first-order valence-electron chi connectivity index (χ1n) is 9.99. The molecule has 0 saturated carbocycles. The van der Waals surface area contributed by atoms with Gasteiger partial charge in [0.15, 0.2) is 0 Å². The lowest BCUT2D eigenvalue weighted by atomic mass is 9.94. The summed E-state index contributed by atoms with van der Waals surface area (Å²) in [6, 6.07) is 14.0. The quantitative estimate of drug-likeness (QED) is 0.245. The van der Waals surface area contributed by atoms with Gasteiger partial charge < -0.3 is 14.4 Å². The number of nitrogens with zero attached hydrogens (tertiary/aromatic N) is 2. The molecule has 34 heavy (non-hydrogen) atoms. The monoisotopic (exact) mass is 470 g/mol. The molecule has 0 saturated heterocycles. The van der Waals surface area contributed by atoms with Crippen molar-refractivity contribution in [1.29, 1.82) is 0 Å². The van der Waals surface area contributed by atoms with E-state index in [-0.39, 0.29) is 29.4 Å². The third-order valence-electron chi connectivity index (χ3n) is 5.14. The Labute approximate surface area is 191 Å². The summed E-state index contributed by atoms with van der Waals surface area (Å²) in [6.07, 6.45) is -4.52. The van der Waals surface area contributed by atoms with E-state index in [1.807, 2.05) is 0 Å². The smallest absolute Gasteiger partial charge is 0.417 e. The van der Waals surface area contributed by atoms with Crippen LogP contribution in [0.5, 0.6) is 0 Å². The molecule has 1 N–H and O–H groups in total. The van der Waals surface area contributed by atoms with Gasteiger partial charge in [-0.3, -0.25) is 0 Å². The minimum absolute atomic E-state index is 0.0286. The number of hydrogen-bond acceptors (Lipinski definition) is 5. The number of aliphatic hydroxyl groups is 1. The number of halogens is 4. The molecule has 1 aromatic heterocycles. The highest BCUT2D eigenvalue weighted by atomic mass is 19.4. The maximum absolute atomic E-state index is 14.2. The minimum Gasteiger partial charge on any atom is -0.508 e. The van der Waals surface area contributed by atoms with Gasteiger partial charge in [-0.05, 0) is 47.0 Å². The first-order valence-corrected chi connectivity index (χ1v) is 9.99. The molecule has 0 spiro atoms.